The van der Waals surface area contributed by atoms with Gasteiger partial charge in [-0.2, -0.15) is 0 Å². The van der Waals surface area contributed by atoms with Gasteiger partial charge in [0.05, 0.1) is 31.8 Å². The molecule has 5 heteroatoms. The highest BCUT2D eigenvalue weighted by atomic mass is 32.2. The summed E-state index contributed by atoms with van der Waals surface area (Å²) in [4.78, 5) is 0.945. The first kappa shape index (κ1) is 13.2. The zero-order valence-corrected chi connectivity index (χ0v) is 10.5. The van der Waals surface area contributed by atoms with Gasteiger partial charge in [0.25, 0.3) is 0 Å². The number of thioether (sulfide) groups is 1. The molecule has 1 atom stereocenters. The van der Waals surface area contributed by atoms with E-state index in [2.05, 4.69) is 0 Å². The third-order valence-corrected chi connectivity index (χ3v) is 3.05. The molecule has 0 amide bonds. The highest BCUT2D eigenvalue weighted by Gasteiger charge is 2.14. The van der Waals surface area contributed by atoms with Gasteiger partial charge in [-0.3, -0.25) is 0 Å². The minimum atomic E-state index is -0.397. The Bertz CT molecular complexity index is 332. The predicted octanol–water partition coefficient (Wildman–Crippen LogP) is 1.42. The van der Waals surface area contributed by atoms with Crippen LogP contribution in [0.3, 0.4) is 0 Å². The van der Waals surface area contributed by atoms with Crippen LogP contribution < -0.4 is 15.2 Å². The van der Waals surface area contributed by atoms with Crippen LogP contribution in [0, 0.1) is 0 Å². The van der Waals surface area contributed by atoms with Crippen LogP contribution in [0.25, 0.3) is 0 Å². The summed E-state index contributed by atoms with van der Waals surface area (Å²) < 4.78 is 10.5. The molecule has 0 heterocycles. The van der Waals surface area contributed by atoms with Gasteiger partial charge in [-0.15, -0.1) is 11.8 Å². The van der Waals surface area contributed by atoms with Gasteiger partial charge in [0, 0.05) is 0 Å². The van der Waals surface area contributed by atoms with Crippen molar-refractivity contribution in [3.05, 3.63) is 17.7 Å². The van der Waals surface area contributed by atoms with Gasteiger partial charge in [0.15, 0.2) is 11.5 Å². The van der Waals surface area contributed by atoms with Crippen LogP contribution in [0.5, 0.6) is 11.5 Å². The lowest BCUT2D eigenvalue weighted by atomic mass is 10.1. The van der Waals surface area contributed by atoms with Crippen LogP contribution in [0.15, 0.2) is 17.0 Å². The second-order valence-corrected chi connectivity index (χ2v) is 4.10. The summed E-state index contributed by atoms with van der Waals surface area (Å²) in [5.74, 6) is 1.33. The molecular weight excluding hydrogens is 226 g/mol. The molecule has 1 aromatic carbocycles. The molecule has 0 aromatic heterocycles. The summed E-state index contributed by atoms with van der Waals surface area (Å²) in [7, 11) is 3.18. The van der Waals surface area contributed by atoms with E-state index in [9.17, 15) is 0 Å². The summed E-state index contributed by atoms with van der Waals surface area (Å²) >= 11 is 1.55. The normalized spacial score (nSPS) is 12.3. The molecule has 1 unspecified atom stereocenters. The molecule has 0 aliphatic heterocycles. The molecule has 4 nitrogen and oxygen atoms in total. The molecule has 0 aliphatic rings. The van der Waals surface area contributed by atoms with E-state index in [4.69, 9.17) is 20.3 Å². The number of aliphatic hydroxyl groups excluding tert-OH is 1. The topological polar surface area (TPSA) is 64.7 Å². The first-order valence-electron chi connectivity index (χ1n) is 4.84. The van der Waals surface area contributed by atoms with E-state index in [1.54, 1.807) is 32.0 Å². The molecular formula is C11H17NO3S. The van der Waals surface area contributed by atoms with Crippen LogP contribution in [0.2, 0.25) is 0 Å². The molecule has 1 aromatic rings. The smallest absolute Gasteiger partial charge is 0.174 e. The minimum absolute atomic E-state index is 0.0939. The van der Waals surface area contributed by atoms with Gasteiger partial charge >= 0.3 is 0 Å². The fourth-order valence-corrected chi connectivity index (χ4v) is 2.04. The zero-order valence-electron chi connectivity index (χ0n) is 9.69. The molecule has 0 aliphatic carbocycles. The summed E-state index contributed by atoms with van der Waals surface area (Å²) in [5, 5.41) is 9.04. The first-order valence-corrected chi connectivity index (χ1v) is 6.06. The van der Waals surface area contributed by atoms with Crippen molar-refractivity contribution in [2.75, 3.05) is 27.1 Å². The van der Waals surface area contributed by atoms with E-state index < -0.39 is 6.04 Å². The van der Waals surface area contributed by atoms with Crippen LogP contribution in [-0.2, 0) is 0 Å². The van der Waals surface area contributed by atoms with Gasteiger partial charge in [0.2, 0.25) is 0 Å². The Kier molecular flexibility index (Phi) is 4.92. The van der Waals surface area contributed by atoms with Crippen molar-refractivity contribution in [1.29, 1.82) is 0 Å². The highest BCUT2D eigenvalue weighted by Crippen LogP contribution is 2.38. The minimum Gasteiger partial charge on any atom is -0.493 e. The Morgan fingerprint density at radius 2 is 2.06 bits per heavy atom. The highest BCUT2D eigenvalue weighted by molar-refractivity contribution is 7.98. The predicted molar refractivity (Wildman–Crippen MR) is 65.3 cm³/mol. The summed E-state index contributed by atoms with van der Waals surface area (Å²) in [6, 6.07) is 3.30. The molecule has 1 rings (SSSR count). The van der Waals surface area contributed by atoms with Gasteiger partial charge in [0.1, 0.15) is 0 Å². The maximum absolute atomic E-state index is 9.04. The van der Waals surface area contributed by atoms with Gasteiger partial charge < -0.3 is 20.3 Å². The fourth-order valence-electron chi connectivity index (χ4n) is 1.42. The molecule has 0 fully saturated rings. The van der Waals surface area contributed by atoms with Crippen LogP contribution >= 0.6 is 11.8 Å². The molecule has 0 bridgehead atoms. The second-order valence-electron chi connectivity index (χ2n) is 3.25. The lowest BCUT2D eigenvalue weighted by Crippen LogP contribution is -2.14. The maximum Gasteiger partial charge on any atom is 0.174 e. The number of methoxy groups -OCH3 is 2. The molecule has 0 saturated carbocycles. The number of hydrogen-bond donors (Lipinski definition) is 2. The monoisotopic (exact) mass is 243 g/mol. The first-order chi connectivity index (χ1) is 7.67. The summed E-state index contributed by atoms with van der Waals surface area (Å²) in [5.41, 5.74) is 6.61. The van der Waals surface area contributed by atoms with Crippen LogP contribution in [0.4, 0.5) is 0 Å². The third-order valence-electron chi connectivity index (χ3n) is 2.31. The number of nitrogens with two attached hydrogens (primary N) is 1. The number of aliphatic hydroxyl groups is 1. The number of rotatable bonds is 5. The molecule has 0 radical (unpaired) electrons. The van der Waals surface area contributed by atoms with E-state index in [1.165, 1.54) is 0 Å². The lowest BCUT2D eigenvalue weighted by molar-refractivity contribution is 0.267. The van der Waals surface area contributed by atoms with Crippen molar-refractivity contribution >= 4 is 11.8 Å². The largest absolute Gasteiger partial charge is 0.493 e. The molecule has 16 heavy (non-hydrogen) atoms. The SMILES string of the molecule is COc1cc(C(N)CO)cc(SC)c1OC. The fraction of sp³-hybridized carbons (Fsp3) is 0.455. The number of hydrogen-bond acceptors (Lipinski definition) is 5. The van der Waals surface area contributed by atoms with Crippen molar-refractivity contribution in [3.8, 4) is 11.5 Å². The van der Waals surface area contributed by atoms with Crippen molar-refractivity contribution in [3.63, 3.8) is 0 Å². The third kappa shape index (κ3) is 2.61. The van der Waals surface area contributed by atoms with Crippen molar-refractivity contribution in [2.45, 2.75) is 10.9 Å². The summed E-state index contributed by atoms with van der Waals surface area (Å²) in [6.07, 6.45) is 1.95. The van der Waals surface area contributed by atoms with Crippen molar-refractivity contribution < 1.29 is 14.6 Å². The van der Waals surface area contributed by atoms with Crippen LogP contribution in [-0.4, -0.2) is 32.2 Å². The van der Waals surface area contributed by atoms with Gasteiger partial charge in [-0.25, -0.2) is 0 Å². The van der Waals surface area contributed by atoms with Gasteiger partial charge in [-0.1, -0.05) is 0 Å². The Labute approximate surface area is 99.7 Å². The second kappa shape index (κ2) is 5.98. The Morgan fingerprint density at radius 1 is 1.38 bits per heavy atom. The van der Waals surface area contributed by atoms with E-state index >= 15 is 0 Å². The standard InChI is InChI=1S/C11H17NO3S/c1-14-9-4-7(8(12)6-13)5-10(16-3)11(9)15-2/h4-5,8,13H,6,12H2,1-3H3. The average Bonchev–Trinajstić information content (AvgIpc) is 2.35. The Balaban J connectivity index is 3.25. The van der Waals surface area contributed by atoms with Crippen LogP contribution in [0.1, 0.15) is 11.6 Å². The maximum atomic E-state index is 9.04. The van der Waals surface area contributed by atoms with Crippen molar-refractivity contribution in [2.24, 2.45) is 5.73 Å². The Morgan fingerprint density at radius 3 is 2.50 bits per heavy atom. The van der Waals surface area contributed by atoms with Gasteiger partial charge in [-0.05, 0) is 24.0 Å². The molecule has 0 saturated heterocycles. The average molecular weight is 243 g/mol. The number of ether oxygens (including phenoxy) is 2. The Hall–Kier alpha value is -0.910. The van der Waals surface area contributed by atoms with Crippen molar-refractivity contribution in [1.82, 2.24) is 0 Å². The lowest BCUT2D eigenvalue weighted by Gasteiger charge is -2.16. The number of benzene rings is 1. The van der Waals surface area contributed by atoms with E-state index in [-0.39, 0.29) is 6.61 Å². The zero-order chi connectivity index (χ0) is 12.1. The molecule has 0 spiro atoms. The molecule has 3 N–H and O–H groups in total. The van der Waals surface area contributed by atoms with E-state index in [1.807, 2.05) is 12.3 Å². The quantitative estimate of drug-likeness (QED) is 0.766. The summed E-state index contributed by atoms with van der Waals surface area (Å²) in [6.45, 7) is -0.0939. The van der Waals surface area contributed by atoms with E-state index in [0.29, 0.717) is 11.5 Å². The van der Waals surface area contributed by atoms with E-state index in [0.717, 1.165) is 10.5 Å². The molecule has 90 valence electrons.